The zero-order chi connectivity index (χ0) is 16.6. The molecule has 0 aliphatic carbocycles. The zero-order valence-corrected chi connectivity index (χ0v) is 13.5. The van der Waals surface area contributed by atoms with E-state index in [1.54, 1.807) is 32.2 Å². The second kappa shape index (κ2) is 5.85. The molecule has 23 heavy (non-hydrogen) atoms. The van der Waals surface area contributed by atoms with Crippen molar-refractivity contribution >= 4 is 17.4 Å². The normalized spacial score (nSPS) is 10.8. The number of ketones is 1. The number of benzene rings is 1. The number of hydrogen-bond donors (Lipinski definition) is 1. The minimum Gasteiger partial charge on any atom is -0.481 e. The fourth-order valence-corrected chi connectivity index (χ4v) is 2.72. The molecule has 0 saturated heterocycles. The number of aromatic amines is 1. The van der Waals surface area contributed by atoms with Gasteiger partial charge in [0.1, 0.15) is 11.9 Å². The van der Waals surface area contributed by atoms with E-state index in [0.717, 1.165) is 5.56 Å². The monoisotopic (exact) mass is 331 g/mol. The van der Waals surface area contributed by atoms with Crippen molar-refractivity contribution in [2.45, 2.75) is 6.92 Å². The van der Waals surface area contributed by atoms with E-state index in [9.17, 15) is 4.79 Å². The van der Waals surface area contributed by atoms with Crippen LogP contribution in [0, 0.1) is 6.92 Å². The van der Waals surface area contributed by atoms with Gasteiger partial charge in [0.15, 0.2) is 5.82 Å². The third-order valence-corrected chi connectivity index (χ3v) is 3.80. The van der Waals surface area contributed by atoms with Crippen LogP contribution in [0.4, 0.5) is 0 Å². The van der Waals surface area contributed by atoms with Gasteiger partial charge in [0.25, 0.3) is 0 Å². The largest absolute Gasteiger partial charge is 0.481 e. The number of H-pyrrole nitrogens is 1. The van der Waals surface area contributed by atoms with Crippen LogP contribution < -0.4 is 4.74 Å². The molecule has 0 spiro atoms. The third-order valence-electron chi connectivity index (χ3n) is 3.49. The SMILES string of the molecule is COc1c(C(=O)c2ccc(-c3ncn[nH]3)cc2Cl)c(C)nn1C. The number of carbonyl (C=O) groups excluding carboxylic acids is 1. The van der Waals surface area contributed by atoms with Gasteiger partial charge in [-0.05, 0) is 19.1 Å². The lowest BCUT2D eigenvalue weighted by atomic mass is 10.0. The number of hydrogen-bond acceptors (Lipinski definition) is 5. The average molecular weight is 332 g/mol. The lowest BCUT2D eigenvalue weighted by molar-refractivity contribution is 0.103. The first-order chi connectivity index (χ1) is 11.0. The van der Waals surface area contributed by atoms with Crippen molar-refractivity contribution in [3.8, 4) is 17.3 Å². The molecule has 0 unspecified atom stereocenters. The second-order valence-electron chi connectivity index (χ2n) is 4.95. The van der Waals surface area contributed by atoms with Crippen molar-refractivity contribution in [2.24, 2.45) is 7.05 Å². The smallest absolute Gasteiger partial charge is 0.223 e. The number of rotatable bonds is 4. The summed E-state index contributed by atoms with van der Waals surface area (Å²) < 4.78 is 6.80. The Morgan fingerprint density at radius 2 is 2.17 bits per heavy atom. The van der Waals surface area contributed by atoms with Crippen LogP contribution in [0.5, 0.6) is 5.88 Å². The number of halogens is 1. The summed E-state index contributed by atoms with van der Waals surface area (Å²) in [6.45, 7) is 1.76. The summed E-state index contributed by atoms with van der Waals surface area (Å²) in [5, 5.41) is 11.1. The molecule has 0 aliphatic heterocycles. The summed E-state index contributed by atoms with van der Waals surface area (Å²) in [5.74, 6) is 0.755. The molecule has 0 saturated carbocycles. The lowest BCUT2D eigenvalue weighted by Crippen LogP contribution is -2.06. The Hall–Kier alpha value is -2.67. The highest BCUT2D eigenvalue weighted by molar-refractivity contribution is 6.35. The molecule has 1 aromatic carbocycles. The molecule has 0 aliphatic rings. The van der Waals surface area contributed by atoms with Crippen molar-refractivity contribution in [3.63, 3.8) is 0 Å². The van der Waals surface area contributed by atoms with E-state index in [1.165, 1.54) is 18.1 Å². The van der Waals surface area contributed by atoms with E-state index in [-0.39, 0.29) is 5.78 Å². The molecule has 0 radical (unpaired) electrons. The molecule has 8 heteroatoms. The van der Waals surface area contributed by atoms with Crippen LogP contribution in [-0.4, -0.2) is 37.9 Å². The molecule has 7 nitrogen and oxygen atoms in total. The summed E-state index contributed by atoms with van der Waals surface area (Å²) in [7, 11) is 3.22. The van der Waals surface area contributed by atoms with Gasteiger partial charge in [-0.15, -0.1) is 0 Å². The predicted molar refractivity (Wildman–Crippen MR) is 84.8 cm³/mol. The van der Waals surface area contributed by atoms with Crippen LogP contribution in [0.1, 0.15) is 21.6 Å². The summed E-state index contributed by atoms with van der Waals surface area (Å²) in [4.78, 5) is 16.9. The first-order valence-electron chi connectivity index (χ1n) is 6.80. The Labute approximate surface area is 137 Å². The Bertz CT molecular complexity index is 870. The van der Waals surface area contributed by atoms with E-state index < -0.39 is 0 Å². The number of nitrogens with zero attached hydrogens (tertiary/aromatic N) is 4. The van der Waals surface area contributed by atoms with Crippen LogP contribution in [-0.2, 0) is 7.05 Å². The van der Waals surface area contributed by atoms with Gasteiger partial charge in [-0.1, -0.05) is 17.7 Å². The van der Waals surface area contributed by atoms with Crippen molar-refractivity contribution in [2.75, 3.05) is 7.11 Å². The average Bonchev–Trinajstić information content (AvgIpc) is 3.14. The molecule has 0 amide bonds. The molecular weight excluding hydrogens is 318 g/mol. The Morgan fingerprint density at radius 1 is 1.39 bits per heavy atom. The van der Waals surface area contributed by atoms with Gasteiger partial charge in [-0.2, -0.15) is 10.2 Å². The molecule has 0 atom stereocenters. The highest BCUT2D eigenvalue weighted by Gasteiger charge is 2.24. The van der Waals surface area contributed by atoms with Crippen LogP contribution in [0.15, 0.2) is 24.5 Å². The molecule has 3 rings (SSSR count). The maximum absolute atomic E-state index is 12.8. The van der Waals surface area contributed by atoms with E-state index in [1.807, 2.05) is 0 Å². The molecule has 3 aromatic rings. The molecular formula is C15H14ClN5O2. The number of nitrogens with one attached hydrogen (secondary N) is 1. The number of methoxy groups -OCH3 is 1. The standard InChI is InChI=1S/C15H14ClN5O2/c1-8-12(15(23-3)21(2)20-8)13(22)10-5-4-9(6-11(10)16)14-17-7-18-19-14/h4-7H,1-3H3,(H,17,18,19). The maximum atomic E-state index is 12.8. The van der Waals surface area contributed by atoms with E-state index >= 15 is 0 Å². The molecule has 118 valence electrons. The van der Waals surface area contributed by atoms with Crippen molar-refractivity contribution in [3.05, 3.63) is 46.4 Å². The summed E-state index contributed by atoms with van der Waals surface area (Å²) >= 11 is 6.29. The fraction of sp³-hybridized carbons (Fsp3) is 0.200. The van der Waals surface area contributed by atoms with E-state index in [2.05, 4.69) is 20.3 Å². The van der Waals surface area contributed by atoms with Crippen LogP contribution in [0.2, 0.25) is 5.02 Å². The first kappa shape index (κ1) is 15.2. The lowest BCUT2D eigenvalue weighted by Gasteiger charge is -2.07. The van der Waals surface area contributed by atoms with Crippen molar-refractivity contribution in [1.29, 1.82) is 0 Å². The third kappa shape index (κ3) is 2.59. The minimum atomic E-state index is -0.235. The molecule has 0 bridgehead atoms. The number of carbonyl (C=O) groups is 1. The fourth-order valence-electron chi connectivity index (χ4n) is 2.46. The summed E-state index contributed by atoms with van der Waals surface area (Å²) in [6.07, 6.45) is 1.41. The van der Waals surface area contributed by atoms with E-state index in [0.29, 0.717) is 33.5 Å². The topological polar surface area (TPSA) is 85.7 Å². The molecule has 2 aromatic heterocycles. The van der Waals surface area contributed by atoms with Gasteiger partial charge >= 0.3 is 0 Å². The van der Waals surface area contributed by atoms with Gasteiger partial charge in [-0.3, -0.25) is 9.89 Å². The van der Waals surface area contributed by atoms with Gasteiger partial charge in [0.2, 0.25) is 11.7 Å². The number of aromatic nitrogens is 5. The quantitative estimate of drug-likeness (QED) is 0.742. The maximum Gasteiger partial charge on any atom is 0.223 e. The van der Waals surface area contributed by atoms with Crippen LogP contribution in [0.3, 0.4) is 0 Å². The van der Waals surface area contributed by atoms with Crippen LogP contribution in [0.25, 0.3) is 11.4 Å². The Morgan fingerprint density at radius 3 is 2.78 bits per heavy atom. The first-order valence-corrected chi connectivity index (χ1v) is 7.18. The van der Waals surface area contributed by atoms with Gasteiger partial charge in [0.05, 0.1) is 17.8 Å². The van der Waals surface area contributed by atoms with Gasteiger partial charge < -0.3 is 4.74 Å². The van der Waals surface area contributed by atoms with Crippen molar-refractivity contribution in [1.82, 2.24) is 25.0 Å². The predicted octanol–water partition coefficient (Wildman–Crippen LogP) is 2.41. The number of aryl methyl sites for hydroxylation is 2. The highest BCUT2D eigenvalue weighted by atomic mass is 35.5. The van der Waals surface area contributed by atoms with E-state index in [4.69, 9.17) is 16.3 Å². The Balaban J connectivity index is 2.04. The van der Waals surface area contributed by atoms with Gasteiger partial charge in [0, 0.05) is 18.2 Å². The zero-order valence-electron chi connectivity index (χ0n) is 12.8. The van der Waals surface area contributed by atoms with Crippen LogP contribution >= 0.6 is 11.6 Å². The highest BCUT2D eigenvalue weighted by Crippen LogP contribution is 2.29. The van der Waals surface area contributed by atoms with Crippen molar-refractivity contribution < 1.29 is 9.53 Å². The molecule has 0 fully saturated rings. The van der Waals surface area contributed by atoms with Gasteiger partial charge in [-0.25, -0.2) is 9.67 Å². The number of ether oxygens (including phenoxy) is 1. The summed E-state index contributed by atoms with van der Waals surface area (Å²) in [5.41, 5.74) is 2.12. The second-order valence-corrected chi connectivity index (χ2v) is 5.36. The molecule has 2 heterocycles. The molecule has 1 N–H and O–H groups in total. The Kier molecular flexibility index (Phi) is 3.87. The summed E-state index contributed by atoms with van der Waals surface area (Å²) in [6, 6.07) is 5.10. The minimum absolute atomic E-state index is 0.235.